The number of esters is 1. The number of aliphatic hydroxyl groups excluding tert-OH is 2. The van der Waals surface area contributed by atoms with Gasteiger partial charge in [0.1, 0.15) is 58.2 Å². The summed E-state index contributed by atoms with van der Waals surface area (Å²) in [6.07, 6.45) is 0. The Bertz CT molecular complexity index is 5550. The summed E-state index contributed by atoms with van der Waals surface area (Å²) < 4.78 is 221. The molecule has 124 heavy (non-hydrogen) atoms. The van der Waals surface area contributed by atoms with Crippen LogP contribution in [0.4, 0.5) is 98.7 Å². The quantitative estimate of drug-likeness (QED) is 0.0155. The molecule has 5 amide bonds. The summed E-state index contributed by atoms with van der Waals surface area (Å²) in [4.78, 5) is 92.8. The van der Waals surface area contributed by atoms with Crippen molar-refractivity contribution in [3.8, 4) is 0 Å². The number of anilines is 5. The summed E-state index contributed by atoms with van der Waals surface area (Å²) >= 11 is 3.56. The average Bonchev–Trinajstić information content (AvgIpc) is 0.788. The average molecular weight is 1980 g/mol. The molecule has 10 aromatic rings. The predicted octanol–water partition coefficient (Wildman–Crippen LogP) is 19.1. The highest BCUT2D eigenvalue weighted by molar-refractivity contribution is 14.1. The van der Waals surface area contributed by atoms with Crippen molar-refractivity contribution in [2.45, 2.75) is 98.1 Å². The number of nitrogens with two attached hydrogens (primary N) is 2. The maximum atomic E-state index is 14.5. The van der Waals surface area contributed by atoms with E-state index in [2.05, 4.69) is 26.0 Å². The monoisotopic (exact) mass is 1980 g/mol. The SMILES string of the molecule is CC(C)(N)CO.CCOC(=O)C(F)(F)c1cc(C(=O)Nc2ccc(F)c(C)c2)ccc1F.Cc1cc(N)ccc1F.Cc1cc(NC(=O)c2ccc(F)c(C(F)(F)C(=O)NC(C)(C)CO)c2)ccc1F.Cc1cc(NC(=O)c2ccc(F)c(C(F)(F)C(=O)O)c2)ccc1F.Cc1cc(NC(=O)c2ccc(F)c(I)c2)ccc1F.O=C(O)c1ccc(F)c(I)c1. The number of carboxylic acids is 2. The van der Waals surface area contributed by atoms with Gasteiger partial charge < -0.3 is 63.2 Å². The largest absolute Gasteiger partial charge is 0.478 e. The molecule has 0 fully saturated rings. The molecule has 0 aliphatic heterocycles. The standard InChI is InChI=1S/C20H20F4N2O3.C18H15F4NO3.C16H11F4NO3.C14H10F2INO.C7H4FIO2.C7H8FN.C4H11NO/c1-11-8-13(5-7-15(11)21)25-17(28)12-4-6-16(22)14(9-12)20(23,24)18(29)26-19(2,3)10-27;1-3-26-17(25)18(21,22)13-9-11(4-6-15(13)20)16(24)23-12-5-7-14(19)10(2)8-12;1-8-6-10(3-5-12(8)17)21-14(22)9-2-4-13(18)11(7-9)16(19,20)15(23)24;1-8-6-10(3-5-11(8)15)18-14(19)9-2-4-12(16)13(17)7-9;8-5-2-1-4(7(10)11)3-6(5)9;1-5-4-6(9)2-3-7(5)8;1-4(2,5)3-6/h4-9,27H,10H2,1-3H3,(H,25,28)(H,26,29);4-9H,3H2,1-2H3,(H,23,24);2-7H,1H3,(H,21,22)(H,23,24);2-7H,1H3,(H,18,19);1-3H,(H,10,11);2-4H,9H2,1H3;6H,3,5H2,1-2H3. The number of amides is 5. The molecule has 10 aromatic carbocycles. The highest BCUT2D eigenvalue weighted by Crippen LogP contribution is 2.36. The van der Waals surface area contributed by atoms with Gasteiger partial charge in [0.25, 0.3) is 29.5 Å². The first-order valence-electron chi connectivity index (χ1n) is 35.7. The van der Waals surface area contributed by atoms with Crippen molar-refractivity contribution in [2.75, 3.05) is 46.8 Å². The van der Waals surface area contributed by atoms with E-state index in [1.54, 1.807) is 68.5 Å². The number of benzene rings is 10. The molecule has 20 nitrogen and oxygen atoms in total. The molecule has 10 rings (SSSR count). The van der Waals surface area contributed by atoms with Gasteiger partial charge in [0.15, 0.2) is 0 Å². The number of hydrogen-bond acceptors (Lipinski definition) is 13. The second kappa shape index (κ2) is 45.9. The molecule has 0 saturated heterocycles. The highest BCUT2D eigenvalue weighted by Gasteiger charge is 2.47. The lowest BCUT2D eigenvalue weighted by molar-refractivity contribution is -0.173. The van der Waals surface area contributed by atoms with Gasteiger partial charge in [-0.3, -0.25) is 24.0 Å². The fourth-order valence-corrected chi connectivity index (χ4v) is 10.4. The van der Waals surface area contributed by atoms with E-state index in [9.17, 15) is 109 Å². The van der Waals surface area contributed by atoms with Crippen LogP contribution in [0, 0.1) is 99.9 Å². The molecule has 0 aliphatic carbocycles. The molecule has 662 valence electrons. The number of rotatable bonds is 19. The van der Waals surface area contributed by atoms with Gasteiger partial charge in [-0.2, -0.15) is 26.3 Å². The van der Waals surface area contributed by atoms with E-state index in [1.807, 2.05) is 27.9 Å². The number of aryl methyl sites for hydroxylation is 5. The molecule has 13 N–H and O–H groups in total. The molecule has 0 atom stereocenters. The van der Waals surface area contributed by atoms with Crippen LogP contribution < -0.4 is 38.1 Å². The number of alkyl halides is 6. The van der Waals surface area contributed by atoms with E-state index in [-0.39, 0.29) is 92.6 Å². The zero-order chi connectivity index (χ0) is 94.0. The third-order valence-corrected chi connectivity index (χ3v) is 17.9. The molecular formula is C86H79F16I2N7O13. The van der Waals surface area contributed by atoms with Crippen molar-refractivity contribution in [2.24, 2.45) is 5.73 Å². The lowest BCUT2D eigenvalue weighted by atomic mass is 10.0. The van der Waals surface area contributed by atoms with Crippen LogP contribution in [0.15, 0.2) is 182 Å². The molecular weight excluding hydrogens is 1900 g/mol. The molecule has 0 spiro atoms. The Kier molecular flexibility index (Phi) is 38.6. The van der Waals surface area contributed by atoms with Crippen LogP contribution in [-0.2, 0) is 36.9 Å². The number of carbonyl (C=O) groups is 8. The minimum atomic E-state index is -4.48. The van der Waals surface area contributed by atoms with Crippen LogP contribution in [-0.4, -0.2) is 98.8 Å². The minimum absolute atomic E-state index is 0.0486. The maximum absolute atomic E-state index is 14.5. The van der Waals surface area contributed by atoms with Gasteiger partial charge in [-0.25, -0.2) is 58.3 Å². The normalized spacial score (nSPS) is 11.0. The zero-order valence-corrected chi connectivity index (χ0v) is 71.2. The van der Waals surface area contributed by atoms with Crippen LogP contribution >= 0.6 is 45.2 Å². The van der Waals surface area contributed by atoms with E-state index >= 15 is 0 Å². The van der Waals surface area contributed by atoms with E-state index in [0.717, 1.165) is 42.5 Å². The van der Waals surface area contributed by atoms with E-state index in [1.165, 1.54) is 126 Å². The Morgan fingerprint density at radius 1 is 0.371 bits per heavy atom. The summed E-state index contributed by atoms with van der Waals surface area (Å²) in [6.45, 7) is 14.4. The molecule has 0 aromatic heterocycles. The second-order valence-corrected chi connectivity index (χ2v) is 30.0. The zero-order valence-electron chi connectivity index (χ0n) is 66.9. The Labute approximate surface area is 726 Å². The maximum Gasteiger partial charge on any atom is 0.382 e. The molecule has 0 radical (unpaired) electrons. The number of aliphatic carboxylic acids is 1. The van der Waals surface area contributed by atoms with Crippen LogP contribution in [0.2, 0.25) is 0 Å². The van der Waals surface area contributed by atoms with Crippen LogP contribution in [0.1, 0.15) is 131 Å². The fraction of sp³-hybridized carbons (Fsp3) is 0.209. The van der Waals surface area contributed by atoms with Gasteiger partial charge >= 0.3 is 35.7 Å². The number of ether oxygens (including phenoxy) is 1. The number of halogens is 18. The van der Waals surface area contributed by atoms with Gasteiger partial charge in [-0.15, -0.1) is 0 Å². The minimum Gasteiger partial charge on any atom is -0.478 e. The first kappa shape index (κ1) is 104. The van der Waals surface area contributed by atoms with E-state index < -0.39 is 134 Å². The van der Waals surface area contributed by atoms with Crippen molar-refractivity contribution in [3.63, 3.8) is 0 Å². The topological polar surface area (TPSA) is 339 Å². The smallest absolute Gasteiger partial charge is 0.382 e. The number of aliphatic hydroxyl groups is 2. The summed E-state index contributed by atoms with van der Waals surface area (Å²) in [7, 11) is 0. The Hall–Kier alpha value is -12.0. The van der Waals surface area contributed by atoms with Crippen molar-refractivity contribution in [1.29, 1.82) is 0 Å². The molecule has 0 unspecified atom stereocenters. The number of nitrogens with one attached hydrogen (secondary N) is 5. The first-order valence-corrected chi connectivity index (χ1v) is 37.9. The molecule has 0 bridgehead atoms. The Morgan fingerprint density at radius 2 is 0.637 bits per heavy atom. The fourth-order valence-electron chi connectivity index (χ4n) is 9.35. The van der Waals surface area contributed by atoms with Gasteiger partial charge in [0.05, 0.1) is 47.6 Å². The van der Waals surface area contributed by atoms with Gasteiger partial charge in [0, 0.05) is 63.4 Å². The lowest BCUT2D eigenvalue weighted by Gasteiger charge is -2.27. The lowest BCUT2D eigenvalue weighted by Crippen LogP contribution is -2.51. The summed E-state index contributed by atoms with van der Waals surface area (Å²) in [6, 6.07) is 34.3. The molecule has 0 heterocycles. The number of nitrogen functional groups attached to an aromatic ring is 1. The molecule has 38 heteroatoms. The number of carbonyl (C=O) groups excluding carboxylic acids is 6. The third kappa shape index (κ3) is 31.4. The van der Waals surface area contributed by atoms with Gasteiger partial charge in [-0.05, 0) is 324 Å². The number of carboxylic acid groups (broad SMARTS) is 2. The second-order valence-electron chi connectivity index (χ2n) is 27.7. The number of hydrogen-bond donors (Lipinski definition) is 11. The van der Waals surface area contributed by atoms with Crippen molar-refractivity contribution >= 4 is 121 Å². The first-order chi connectivity index (χ1) is 57.5. The molecule has 0 saturated carbocycles. The van der Waals surface area contributed by atoms with Crippen LogP contribution in [0.3, 0.4) is 0 Å². The van der Waals surface area contributed by atoms with E-state index in [0.29, 0.717) is 71.6 Å². The van der Waals surface area contributed by atoms with Crippen LogP contribution in [0.5, 0.6) is 0 Å². The summed E-state index contributed by atoms with van der Waals surface area (Å²) in [5, 5.41) is 46.0. The predicted molar refractivity (Wildman–Crippen MR) is 447 cm³/mol. The van der Waals surface area contributed by atoms with Gasteiger partial charge in [0.2, 0.25) is 0 Å². The van der Waals surface area contributed by atoms with Gasteiger partial charge in [-0.1, -0.05) is 0 Å². The Balaban J connectivity index is 0.000000317. The van der Waals surface area contributed by atoms with Crippen LogP contribution in [0.25, 0.3) is 0 Å². The summed E-state index contributed by atoms with van der Waals surface area (Å²) in [5.74, 6) is -30.1. The van der Waals surface area contributed by atoms with Crippen molar-refractivity contribution in [1.82, 2.24) is 5.32 Å². The highest BCUT2D eigenvalue weighted by atomic mass is 127. The summed E-state index contributed by atoms with van der Waals surface area (Å²) in [5.41, 5.74) is 7.99. The third-order valence-electron chi connectivity index (χ3n) is 16.2. The van der Waals surface area contributed by atoms with Crippen molar-refractivity contribution in [3.05, 3.63) is 320 Å². The van der Waals surface area contributed by atoms with Crippen molar-refractivity contribution < 1.29 is 134 Å². The van der Waals surface area contributed by atoms with E-state index in [4.69, 9.17) is 31.9 Å². The molecule has 0 aliphatic rings. The Morgan fingerprint density at radius 3 is 0.903 bits per heavy atom. The number of aromatic carboxylic acids is 1.